The van der Waals surface area contributed by atoms with Gasteiger partial charge in [0.15, 0.2) is 5.82 Å². The average molecular weight is 283 g/mol. The maximum Gasteiger partial charge on any atom is 0.240 e. The van der Waals surface area contributed by atoms with Gasteiger partial charge in [0.1, 0.15) is 0 Å². The molecule has 8 heteroatoms. The Morgan fingerprint density at radius 2 is 2.21 bits per heavy atom. The highest BCUT2D eigenvalue weighted by molar-refractivity contribution is 5.94. The van der Waals surface area contributed by atoms with Crippen LogP contribution in [-0.2, 0) is 11.8 Å². The normalized spacial score (nSPS) is 11.5. The van der Waals surface area contributed by atoms with E-state index in [4.69, 9.17) is 5.73 Å². The molecule has 0 unspecified atom stereocenters. The first-order valence-electron chi connectivity index (χ1n) is 5.47. The molecule has 1 amide bonds. The van der Waals surface area contributed by atoms with Gasteiger partial charge in [0, 0.05) is 18.3 Å². The van der Waals surface area contributed by atoms with Gasteiger partial charge in [-0.1, -0.05) is 12.1 Å². The quantitative estimate of drug-likeness (QED) is 0.858. The Bertz CT molecular complexity index is 568. The first-order valence-corrected chi connectivity index (χ1v) is 5.47. The molecule has 1 aromatic carbocycles. The van der Waals surface area contributed by atoms with Crippen LogP contribution in [0.4, 0.5) is 5.69 Å². The van der Waals surface area contributed by atoms with Gasteiger partial charge in [0.05, 0.1) is 6.04 Å². The van der Waals surface area contributed by atoms with E-state index in [9.17, 15) is 4.79 Å². The summed E-state index contributed by atoms with van der Waals surface area (Å²) in [4.78, 5) is 11.5. The topological polar surface area (TPSA) is 98.7 Å². The summed E-state index contributed by atoms with van der Waals surface area (Å²) in [6.07, 6.45) is 0. The average Bonchev–Trinajstić information content (AvgIpc) is 2.75. The van der Waals surface area contributed by atoms with Crippen LogP contribution < -0.4 is 11.1 Å². The zero-order valence-electron chi connectivity index (χ0n) is 10.6. The molecule has 0 saturated heterocycles. The zero-order valence-corrected chi connectivity index (χ0v) is 11.4. The van der Waals surface area contributed by atoms with Crippen molar-refractivity contribution in [1.82, 2.24) is 20.2 Å². The number of rotatable bonds is 3. The number of amides is 1. The second-order valence-corrected chi connectivity index (χ2v) is 3.98. The standard InChI is InChI=1S/C11H14N6O.ClH/c1-7(12)11(18)13-9-5-3-4-8(6-9)10-14-15-16-17(10)2;/h3-7H,12H2,1-2H3,(H,13,18);1H/t7-;/m0./s1. The van der Waals surface area contributed by atoms with Crippen LogP contribution in [0.5, 0.6) is 0 Å². The maximum atomic E-state index is 11.5. The maximum absolute atomic E-state index is 11.5. The van der Waals surface area contributed by atoms with Crippen molar-refractivity contribution in [3.05, 3.63) is 24.3 Å². The van der Waals surface area contributed by atoms with Gasteiger partial charge >= 0.3 is 0 Å². The van der Waals surface area contributed by atoms with Crippen LogP contribution in [0, 0.1) is 0 Å². The summed E-state index contributed by atoms with van der Waals surface area (Å²) in [6, 6.07) is 6.72. The molecule has 0 saturated carbocycles. The number of hydrogen-bond acceptors (Lipinski definition) is 5. The Labute approximate surface area is 116 Å². The van der Waals surface area contributed by atoms with Crippen molar-refractivity contribution in [1.29, 1.82) is 0 Å². The van der Waals surface area contributed by atoms with Crippen molar-refractivity contribution in [3.8, 4) is 11.4 Å². The molecular weight excluding hydrogens is 268 g/mol. The third-order valence-electron chi connectivity index (χ3n) is 2.42. The highest BCUT2D eigenvalue weighted by atomic mass is 35.5. The van der Waals surface area contributed by atoms with Crippen molar-refractivity contribution in [2.24, 2.45) is 12.8 Å². The highest BCUT2D eigenvalue weighted by Gasteiger charge is 2.10. The molecule has 19 heavy (non-hydrogen) atoms. The number of nitrogens with two attached hydrogens (primary N) is 1. The summed E-state index contributed by atoms with van der Waals surface area (Å²) in [5.41, 5.74) is 6.98. The van der Waals surface area contributed by atoms with E-state index in [1.54, 1.807) is 30.8 Å². The van der Waals surface area contributed by atoms with Crippen LogP contribution in [0.15, 0.2) is 24.3 Å². The largest absolute Gasteiger partial charge is 0.325 e. The molecule has 0 aliphatic rings. The predicted molar refractivity (Wildman–Crippen MR) is 73.8 cm³/mol. The molecule has 1 heterocycles. The first kappa shape index (κ1) is 15.1. The van der Waals surface area contributed by atoms with E-state index in [1.807, 2.05) is 12.1 Å². The van der Waals surface area contributed by atoms with Crippen LogP contribution >= 0.6 is 12.4 Å². The minimum atomic E-state index is -0.551. The lowest BCUT2D eigenvalue weighted by atomic mass is 10.2. The Hall–Kier alpha value is -1.99. The summed E-state index contributed by atoms with van der Waals surface area (Å²) in [7, 11) is 1.75. The Morgan fingerprint density at radius 3 is 2.79 bits per heavy atom. The Morgan fingerprint density at radius 1 is 1.47 bits per heavy atom. The van der Waals surface area contributed by atoms with Gasteiger partial charge in [0.2, 0.25) is 5.91 Å². The van der Waals surface area contributed by atoms with Gasteiger partial charge in [-0.2, -0.15) is 0 Å². The molecular formula is C11H15ClN6O. The number of hydrogen-bond donors (Lipinski definition) is 2. The molecule has 2 rings (SSSR count). The Kier molecular flexibility index (Phi) is 4.96. The van der Waals surface area contributed by atoms with Crippen molar-refractivity contribution >= 4 is 24.0 Å². The smallest absolute Gasteiger partial charge is 0.240 e. The third kappa shape index (κ3) is 3.49. The van der Waals surface area contributed by atoms with E-state index in [1.165, 1.54) is 0 Å². The molecule has 102 valence electrons. The minimum Gasteiger partial charge on any atom is -0.325 e. The summed E-state index contributed by atoms with van der Waals surface area (Å²) < 4.78 is 1.56. The van der Waals surface area contributed by atoms with Gasteiger partial charge in [-0.15, -0.1) is 17.5 Å². The van der Waals surface area contributed by atoms with E-state index < -0.39 is 6.04 Å². The van der Waals surface area contributed by atoms with Gasteiger partial charge in [-0.3, -0.25) is 4.79 Å². The molecule has 0 spiro atoms. The van der Waals surface area contributed by atoms with Crippen LogP contribution in [0.2, 0.25) is 0 Å². The van der Waals surface area contributed by atoms with Gasteiger partial charge in [-0.05, 0) is 29.5 Å². The van der Waals surface area contributed by atoms with Gasteiger partial charge in [0.25, 0.3) is 0 Å². The summed E-state index contributed by atoms with van der Waals surface area (Å²) in [5.74, 6) is 0.398. The van der Waals surface area contributed by atoms with E-state index in [2.05, 4.69) is 20.8 Å². The van der Waals surface area contributed by atoms with Gasteiger partial charge in [-0.25, -0.2) is 4.68 Å². The number of tetrazole rings is 1. The number of aromatic nitrogens is 4. The van der Waals surface area contributed by atoms with Crippen molar-refractivity contribution in [2.75, 3.05) is 5.32 Å². The molecule has 0 aliphatic carbocycles. The van der Waals surface area contributed by atoms with Gasteiger partial charge < -0.3 is 11.1 Å². The van der Waals surface area contributed by atoms with Crippen molar-refractivity contribution < 1.29 is 4.79 Å². The van der Waals surface area contributed by atoms with E-state index >= 15 is 0 Å². The second kappa shape index (κ2) is 6.26. The fourth-order valence-electron chi connectivity index (χ4n) is 1.47. The zero-order chi connectivity index (χ0) is 13.1. The summed E-state index contributed by atoms with van der Waals surface area (Å²) in [5, 5.41) is 14.0. The van der Waals surface area contributed by atoms with Crippen LogP contribution in [0.25, 0.3) is 11.4 Å². The minimum absolute atomic E-state index is 0. The van der Waals surface area contributed by atoms with Crippen LogP contribution in [0.1, 0.15) is 6.92 Å². The fourth-order valence-corrected chi connectivity index (χ4v) is 1.47. The van der Waals surface area contributed by atoms with E-state index in [0.717, 1.165) is 5.56 Å². The number of nitrogens with zero attached hydrogens (tertiary/aromatic N) is 4. The van der Waals surface area contributed by atoms with E-state index in [0.29, 0.717) is 11.5 Å². The van der Waals surface area contributed by atoms with Crippen molar-refractivity contribution in [3.63, 3.8) is 0 Å². The van der Waals surface area contributed by atoms with Crippen LogP contribution in [-0.4, -0.2) is 32.2 Å². The number of aryl methyl sites for hydroxylation is 1. The Balaban J connectivity index is 0.00000180. The first-order chi connectivity index (χ1) is 8.58. The second-order valence-electron chi connectivity index (χ2n) is 3.98. The summed E-state index contributed by atoms with van der Waals surface area (Å²) in [6.45, 7) is 1.63. The lowest BCUT2D eigenvalue weighted by Gasteiger charge is -2.08. The lowest BCUT2D eigenvalue weighted by molar-refractivity contribution is -0.117. The molecule has 1 atom stereocenters. The predicted octanol–water partition coefficient (Wildman–Crippen LogP) is 0.585. The molecule has 3 N–H and O–H groups in total. The van der Waals surface area contributed by atoms with E-state index in [-0.39, 0.29) is 18.3 Å². The molecule has 1 aromatic heterocycles. The molecule has 0 radical (unpaired) electrons. The summed E-state index contributed by atoms with van der Waals surface area (Å²) >= 11 is 0. The number of carbonyl (C=O) groups is 1. The number of halogens is 1. The van der Waals surface area contributed by atoms with Crippen LogP contribution in [0.3, 0.4) is 0 Å². The number of nitrogens with one attached hydrogen (secondary N) is 1. The molecule has 2 aromatic rings. The molecule has 0 fully saturated rings. The monoisotopic (exact) mass is 282 g/mol. The number of benzene rings is 1. The molecule has 7 nitrogen and oxygen atoms in total. The number of carbonyl (C=O) groups excluding carboxylic acids is 1. The molecule has 0 bridgehead atoms. The SMILES string of the molecule is C[C@H](N)C(=O)Nc1cccc(-c2nnnn2C)c1.Cl. The third-order valence-corrected chi connectivity index (χ3v) is 2.42. The van der Waals surface area contributed by atoms with Crippen molar-refractivity contribution in [2.45, 2.75) is 13.0 Å². The molecule has 0 aliphatic heterocycles. The number of anilines is 1. The lowest BCUT2D eigenvalue weighted by Crippen LogP contribution is -2.32. The fraction of sp³-hybridized carbons (Fsp3) is 0.273. The highest BCUT2D eigenvalue weighted by Crippen LogP contribution is 2.19.